The van der Waals surface area contributed by atoms with Gasteiger partial charge in [-0.05, 0) is 43.7 Å². The van der Waals surface area contributed by atoms with Gasteiger partial charge in [-0.1, -0.05) is 84.9 Å². The van der Waals surface area contributed by atoms with Crippen molar-refractivity contribution in [3.8, 4) is 0 Å². The molecule has 0 spiro atoms. The van der Waals surface area contributed by atoms with Crippen LogP contribution in [0.4, 0.5) is 0 Å². The maximum atomic E-state index is 14.2. The molecule has 43 heavy (non-hydrogen) atoms. The average Bonchev–Trinajstić information content (AvgIpc) is 3.34. The molecule has 0 saturated carbocycles. The second-order valence-electron chi connectivity index (χ2n) is 14.2. The van der Waals surface area contributed by atoms with E-state index in [0.29, 0.717) is 25.3 Å². The van der Waals surface area contributed by atoms with Crippen LogP contribution in [-0.4, -0.2) is 99.9 Å². The highest BCUT2D eigenvalue weighted by atomic mass is 16.5. The maximum Gasteiger partial charge on any atom is 0.249 e. The summed E-state index contributed by atoms with van der Waals surface area (Å²) in [5.74, 6) is 0.117. The molecule has 5 unspecified atom stereocenters. The van der Waals surface area contributed by atoms with Crippen molar-refractivity contribution in [1.82, 2.24) is 20.4 Å². The lowest BCUT2D eigenvalue weighted by Gasteiger charge is -2.40. The molecule has 0 aromatic heterocycles. The Kier molecular flexibility index (Phi) is 13.9. The first-order valence-electron chi connectivity index (χ1n) is 15.8. The van der Waals surface area contributed by atoms with Gasteiger partial charge in [0, 0.05) is 44.8 Å². The third-order valence-electron chi connectivity index (χ3n) is 9.18. The number of hydrogen-bond acceptors (Lipinski definition) is 6. The number of benzene rings is 1. The van der Waals surface area contributed by atoms with Crippen LogP contribution in [0.5, 0.6) is 0 Å². The minimum Gasteiger partial charge on any atom is -0.383 e. The molecule has 2 N–H and O–H groups in total. The Morgan fingerprint density at radius 2 is 1.56 bits per heavy atom. The molecule has 244 valence electrons. The number of likely N-dealkylation sites (tertiary alicyclic amines) is 1. The molecule has 0 bridgehead atoms. The molecule has 0 aliphatic carbocycles. The normalized spacial score (nSPS) is 20.3. The fourth-order valence-electron chi connectivity index (χ4n) is 6.42. The van der Waals surface area contributed by atoms with Gasteiger partial charge in [0.05, 0.1) is 37.4 Å². The summed E-state index contributed by atoms with van der Waals surface area (Å²) in [6, 6.07) is 9.97. The van der Waals surface area contributed by atoms with Gasteiger partial charge in [-0.2, -0.15) is 0 Å². The largest absolute Gasteiger partial charge is 0.383 e. The number of rotatable bonds is 15. The van der Waals surface area contributed by atoms with E-state index >= 15 is 0 Å². The molecule has 2 amide bonds. The van der Waals surface area contributed by atoms with Crippen molar-refractivity contribution >= 4 is 11.8 Å². The summed E-state index contributed by atoms with van der Waals surface area (Å²) < 4.78 is 10.9. The van der Waals surface area contributed by atoms with Crippen molar-refractivity contribution in [2.45, 2.75) is 104 Å². The molecular formula is C35H60N4O4. The number of amides is 2. The van der Waals surface area contributed by atoms with E-state index in [-0.39, 0.29) is 52.7 Å². The van der Waals surface area contributed by atoms with Gasteiger partial charge in [0.1, 0.15) is 0 Å². The van der Waals surface area contributed by atoms with E-state index in [1.165, 1.54) is 5.56 Å². The average molecular weight is 601 g/mol. The second kappa shape index (κ2) is 16.2. The smallest absolute Gasteiger partial charge is 0.249 e. The van der Waals surface area contributed by atoms with Crippen LogP contribution >= 0.6 is 0 Å². The maximum absolute atomic E-state index is 14.2. The molecule has 1 aromatic carbocycles. The minimum absolute atomic E-state index is 0.0152. The number of likely N-dealkylation sites (N-methyl/N-ethyl adjacent to an activating group) is 2. The number of ether oxygens (including phenoxy) is 2. The highest BCUT2D eigenvalue weighted by molar-refractivity contribution is 5.94. The lowest BCUT2D eigenvalue weighted by molar-refractivity contribution is -0.137. The monoisotopic (exact) mass is 600 g/mol. The van der Waals surface area contributed by atoms with Gasteiger partial charge in [-0.25, -0.2) is 0 Å². The van der Waals surface area contributed by atoms with E-state index in [1.807, 2.05) is 43.0 Å². The van der Waals surface area contributed by atoms with Gasteiger partial charge >= 0.3 is 0 Å². The van der Waals surface area contributed by atoms with Gasteiger partial charge in [0.25, 0.3) is 0 Å². The quantitative estimate of drug-likeness (QED) is 0.286. The molecule has 2 rings (SSSR count). The molecule has 0 radical (unpaired) electrons. The van der Waals surface area contributed by atoms with Crippen molar-refractivity contribution in [1.29, 1.82) is 0 Å². The van der Waals surface area contributed by atoms with Crippen molar-refractivity contribution in [3.05, 3.63) is 47.5 Å². The van der Waals surface area contributed by atoms with E-state index in [4.69, 9.17) is 9.47 Å². The zero-order valence-electron chi connectivity index (χ0n) is 29.0. The van der Waals surface area contributed by atoms with Crippen LogP contribution in [0.25, 0.3) is 0 Å². The van der Waals surface area contributed by atoms with Crippen LogP contribution in [0.1, 0.15) is 73.8 Å². The lowest BCUT2D eigenvalue weighted by atomic mass is 9.77. The molecular weight excluding hydrogens is 540 g/mol. The number of hydrogen-bond donors (Lipinski definition) is 2. The summed E-state index contributed by atoms with van der Waals surface area (Å²) in [6.07, 6.45) is 3.76. The first kappa shape index (κ1) is 36.9. The van der Waals surface area contributed by atoms with Gasteiger partial charge in [0.15, 0.2) is 0 Å². The lowest BCUT2D eigenvalue weighted by Crippen LogP contribution is -2.59. The molecule has 1 saturated heterocycles. The highest BCUT2D eigenvalue weighted by Gasteiger charge is 2.40. The van der Waals surface area contributed by atoms with Crippen LogP contribution in [0, 0.1) is 11.3 Å². The van der Waals surface area contributed by atoms with Crippen LogP contribution in [0.15, 0.2) is 42.0 Å². The standard InChI is InChI=1S/C35H60N4O4/c1-24(2)29(20-25(3)32(40)39-27(22-42-11)18-19-28(39)23-43-12)38(10)33(41)31(34(4,5)6)37-21-30(36-9)35(7,8)26-16-14-13-15-17-26/h13-17,20,24,27-31,36-37H,18-19,21-23H2,1-12H3/b25-20+. The summed E-state index contributed by atoms with van der Waals surface area (Å²) >= 11 is 0. The zero-order chi connectivity index (χ0) is 32.5. The van der Waals surface area contributed by atoms with Crippen LogP contribution in [0.2, 0.25) is 0 Å². The van der Waals surface area contributed by atoms with Crippen molar-refractivity contribution < 1.29 is 19.1 Å². The Morgan fingerprint density at radius 3 is 2.00 bits per heavy atom. The van der Waals surface area contributed by atoms with E-state index < -0.39 is 6.04 Å². The Bertz CT molecular complexity index is 1040. The predicted molar refractivity (Wildman–Crippen MR) is 176 cm³/mol. The van der Waals surface area contributed by atoms with Crippen LogP contribution < -0.4 is 10.6 Å². The van der Waals surface area contributed by atoms with Crippen molar-refractivity contribution in [2.24, 2.45) is 11.3 Å². The molecule has 8 nitrogen and oxygen atoms in total. The SMILES string of the molecule is CNC(CNC(C(=O)N(C)C(/C=C(\C)C(=O)N1C(COC)CCC1COC)C(C)C)C(C)(C)C)C(C)(C)c1ccccc1. The third-order valence-corrected chi connectivity index (χ3v) is 9.18. The molecule has 8 heteroatoms. The van der Waals surface area contributed by atoms with Gasteiger partial charge in [-0.15, -0.1) is 0 Å². The zero-order valence-corrected chi connectivity index (χ0v) is 29.0. The molecule has 1 aliphatic rings. The molecule has 1 aromatic rings. The summed E-state index contributed by atoms with van der Waals surface area (Å²) in [5, 5.41) is 7.13. The van der Waals surface area contributed by atoms with Crippen molar-refractivity contribution in [2.75, 3.05) is 48.1 Å². The van der Waals surface area contributed by atoms with E-state index in [0.717, 1.165) is 12.8 Å². The van der Waals surface area contributed by atoms with Crippen molar-refractivity contribution in [3.63, 3.8) is 0 Å². The molecule has 5 atom stereocenters. The first-order valence-corrected chi connectivity index (χ1v) is 15.8. The number of carbonyl (C=O) groups excluding carboxylic acids is 2. The fraction of sp³-hybridized carbons (Fsp3) is 0.714. The first-order chi connectivity index (χ1) is 20.1. The predicted octanol–water partition coefficient (Wildman–Crippen LogP) is 4.64. The Labute approximate surface area is 261 Å². The summed E-state index contributed by atoms with van der Waals surface area (Å²) in [4.78, 5) is 31.8. The fourth-order valence-corrected chi connectivity index (χ4v) is 6.42. The summed E-state index contributed by atoms with van der Waals surface area (Å²) in [6.45, 7) is 18.4. The number of carbonyl (C=O) groups is 2. The summed E-state index contributed by atoms with van der Waals surface area (Å²) in [7, 11) is 7.19. The van der Waals surface area contributed by atoms with E-state index in [9.17, 15) is 9.59 Å². The Hall–Kier alpha value is -2.26. The number of nitrogens with zero attached hydrogens (tertiary/aromatic N) is 2. The topological polar surface area (TPSA) is 83.1 Å². The Morgan fingerprint density at radius 1 is 1.02 bits per heavy atom. The van der Waals surface area contributed by atoms with Gasteiger partial charge in [-0.3, -0.25) is 9.59 Å². The Balaban J connectivity index is 2.30. The van der Waals surface area contributed by atoms with Gasteiger partial charge in [0.2, 0.25) is 11.8 Å². The molecule has 1 fully saturated rings. The minimum atomic E-state index is -0.415. The third kappa shape index (κ3) is 9.37. The number of nitrogens with one attached hydrogen (secondary N) is 2. The van der Waals surface area contributed by atoms with E-state index in [2.05, 4.69) is 83.4 Å². The molecule has 1 heterocycles. The second-order valence-corrected chi connectivity index (χ2v) is 14.2. The van der Waals surface area contributed by atoms with Gasteiger partial charge < -0.3 is 29.9 Å². The van der Waals surface area contributed by atoms with E-state index in [1.54, 1.807) is 14.2 Å². The number of methoxy groups -OCH3 is 2. The van der Waals surface area contributed by atoms with Crippen LogP contribution in [-0.2, 0) is 24.5 Å². The molecule has 1 aliphatic heterocycles. The highest BCUT2D eigenvalue weighted by Crippen LogP contribution is 2.30. The van der Waals surface area contributed by atoms with Crippen LogP contribution in [0.3, 0.4) is 0 Å². The summed E-state index contributed by atoms with van der Waals surface area (Å²) in [5.41, 5.74) is 1.41.